The van der Waals surface area contributed by atoms with E-state index in [2.05, 4.69) is 31.0 Å². The Bertz CT molecular complexity index is 186. The summed E-state index contributed by atoms with van der Waals surface area (Å²) in [5.41, 5.74) is 0. The Morgan fingerprint density at radius 2 is 1.83 bits per heavy atom. The maximum atomic E-state index is 3.74. The van der Waals surface area contributed by atoms with E-state index in [-0.39, 0.29) is 0 Å². The van der Waals surface area contributed by atoms with Crippen LogP contribution in [0.5, 0.6) is 0 Å². The average molecular weight is 254 g/mol. The van der Waals surface area contributed by atoms with Crippen LogP contribution >= 0.6 is 0 Å². The van der Waals surface area contributed by atoms with E-state index in [1.165, 1.54) is 71.1 Å². The van der Waals surface area contributed by atoms with Gasteiger partial charge < -0.3 is 10.2 Å². The second-order valence-corrected chi connectivity index (χ2v) is 6.04. The van der Waals surface area contributed by atoms with Gasteiger partial charge in [0.25, 0.3) is 0 Å². The minimum Gasteiger partial charge on any atom is -0.314 e. The fraction of sp³-hybridized carbons (Fsp3) is 1.00. The highest BCUT2D eigenvalue weighted by molar-refractivity contribution is 4.74. The van der Waals surface area contributed by atoms with Gasteiger partial charge in [-0.25, -0.2) is 0 Å². The van der Waals surface area contributed by atoms with Gasteiger partial charge in [0.05, 0.1) is 0 Å². The third kappa shape index (κ3) is 6.75. The Balaban J connectivity index is 1.99. The van der Waals surface area contributed by atoms with Crippen LogP contribution in [0.1, 0.15) is 65.7 Å². The molecule has 1 heterocycles. The molecule has 0 amide bonds. The maximum absolute atomic E-state index is 3.74. The lowest BCUT2D eigenvalue weighted by atomic mass is 9.96. The first-order valence-electron chi connectivity index (χ1n) is 8.22. The molecule has 1 aliphatic heterocycles. The summed E-state index contributed by atoms with van der Waals surface area (Å²) in [4.78, 5) is 2.57. The van der Waals surface area contributed by atoms with Crippen LogP contribution in [0.3, 0.4) is 0 Å². The van der Waals surface area contributed by atoms with Crippen molar-refractivity contribution in [2.75, 3.05) is 26.2 Å². The molecule has 0 saturated carbocycles. The number of hydrogen-bond donors (Lipinski definition) is 1. The van der Waals surface area contributed by atoms with Crippen LogP contribution in [0.2, 0.25) is 0 Å². The normalized spacial score (nSPS) is 20.2. The molecule has 0 bridgehead atoms. The van der Waals surface area contributed by atoms with Crippen LogP contribution in [0.25, 0.3) is 0 Å². The van der Waals surface area contributed by atoms with Gasteiger partial charge in [0.15, 0.2) is 0 Å². The third-order valence-electron chi connectivity index (χ3n) is 4.40. The van der Waals surface area contributed by atoms with Gasteiger partial charge >= 0.3 is 0 Å². The molecular weight excluding hydrogens is 220 g/mol. The number of nitrogens with zero attached hydrogens (tertiary/aromatic N) is 1. The van der Waals surface area contributed by atoms with E-state index in [1.807, 2.05) is 0 Å². The zero-order chi connectivity index (χ0) is 13.2. The lowest BCUT2D eigenvalue weighted by molar-refractivity contribution is 0.187. The second-order valence-electron chi connectivity index (χ2n) is 6.04. The molecule has 1 saturated heterocycles. The van der Waals surface area contributed by atoms with Crippen molar-refractivity contribution in [3.8, 4) is 0 Å². The molecule has 0 radical (unpaired) electrons. The lowest BCUT2D eigenvalue weighted by Crippen LogP contribution is -2.39. The molecule has 1 rings (SSSR count). The maximum Gasteiger partial charge on any atom is 0.00388 e. The predicted molar refractivity (Wildman–Crippen MR) is 81.1 cm³/mol. The van der Waals surface area contributed by atoms with E-state index in [0.717, 1.165) is 5.92 Å². The zero-order valence-corrected chi connectivity index (χ0v) is 12.9. The van der Waals surface area contributed by atoms with Crippen molar-refractivity contribution >= 4 is 0 Å². The monoisotopic (exact) mass is 254 g/mol. The second kappa shape index (κ2) is 9.80. The van der Waals surface area contributed by atoms with Gasteiger partial charge in [-0.2, -0.15) is 0 Å². The summed E-state index contributed by atoms with van der Waals surface area (Å²) in [5.74, 6) is 0.922. The largest absolute Gasteiger partial charge is 0.314 e. The van der Waals surface area contributed by atoms with Crippen molar-refractivity contribution in [3.63, 3.8) is 0 Å². The van der Waals surface area contributed by atoms with Gasteiger partial charge in [-0.05, 0) is 58.3 Å². The van der Waals surface area contributed by atoms with Crippen LogP contribution in [0.15, 0.2) is 0 Å². The van der Waals surface area contributed by atoms with Crippen molar-refractivity contribution in [1.29, 1.82) is 0 Å². The first-order chi connectivity index (χ1) is 8.76. The molecule has 0 aliphatic carbocycles. The molecule has 1 fully saturated rings. The van der Waals surface area contributed by atoms with Crippen molar-refractivity contribution in [2.45, 2.75) is 71.8 Å². The van der Waals surface area contributed by atoms with E-state index in [9.17, 15) is 0 Å². The minimum atomic E-state index is 0.714. The summed E-state index contributed by atoms with van der Waals surface area (Å²) in [5, 5.41) is 3.74. The van der Waals surface area contributed by atoms with Crippen molar-refractivity contribution < 1.29 is 0 Å². The molecule has 1 aliphatic rings. The highest BCUT2D eigenvalue weighted by atomic mass is 15.1. The fourth-order valence-electron chi connectivity index (χ4n) is 2.85. The van der Waals surface area contributed by atoms with Gasteiger partial charge in [0.1, 0.15) is 0 Å². The molecule has 2 heteroatoms. The summed E-state index contributed by atoms with van der Waals surface area (Å²) < 4.78 is 0. The Morgan fingerprint density at radius 1 is 1.11 bits per heavy atom. The van der Waals surface area contributed by atoms with Crippen molar-refractivity contribution in [3.05, 3.63) is 0 Å². The van der Waals surface area contributed by atoms with E-state index >= 15 is 0 Å². The fourth-order valence-corrected chi connectivity index (χ4v) is 2.85. The summed E-state index contributed by atoms with van der Waals surface area (Å²) >= 11 is 0. The molecule has 0 aromatic rings. The smallest absolute Gasteiger partial charge is 0.00388 e. The lowest BCUT2D eigenvalue weighted by Gasteiger charge is -2.31. The minimum absolute atomic E-state index is 0.714. The number of unbranched alkanes of at least 4 members (excludes halogenated alkanes) is 3. The van der Waals surface area contributed by atoms with E-state index < -0.39 is 0 Å². The van der Waals surface area contributed by atoms with E-state index in [1.54, 1.807) is 0 Å². The van der Waals surface area contributed by atoms with Gasteiger partial charge in [-0.3, -0.25) is 0 Å². The van der Waals surface area contributed by atoms with Crippen LogP contribution in [-0.2, 0) is 0 Å². The number of piperidine rings is 1. The average Bonchev–Trinajstić information content (AvgIpc) is 2.42. The Labute approximate surface area is 115 Å². The van der Waals surface area contributed by atoms with Crippen LogP contribution in [-0.4, -0.2) is 37.1 Å². The third-order valence-corrected chi connectivity index (χ3v) is 4.40. The van der Waals surface area contributed by atoms with Crippen LogP contribution < -0.4 is 5.32 Å². The molecule has 108 valence electrons. The Kier molecular flexibility index (Phi) is 8.70. The van der Waals surface area contributed by atoms with Gasteiger partial charge in [-0.1, -0.05) is 39.5 Å². The van der Waals surface area contributed by atoms with Crippen LogP contribution in [0.4, 0.5) is 0 Å². The summed E-state index contributed by atoms with van der Waals surface area (Å²) in [6.07, 6.45) is 9.70. The molecule has 18 heavy (non-hydrogen) atoms. The summed E-state index contributed by atoms with van der Waals surface area (Å²) in [7, 11) is 0. The van der Waals surface area contributed by atoms with Crippen molar-refractivity contribution in [2.24, 2.45) is 5.92 Å². The zero-order valence-electron chi connectivity index (χ0n) is 12.9. The van der Waals surface area contributed by atoms with Crippen molar-refractivity contribution in [1.82, 2.24) is 10.2 Å². The Hall–Kier alpha value is -0.0800. The van der Waals surface area contributed by atoms with E-state index in [4.69, 9.17) is 0 Å². The molecule has 0 spiro atoms. The van der Waals surface area contributed by atoms with E-state index in [0.29, 0.717) is 6.04 Å². The standard InChI is InChI=1S/C16H34N2/c1-4-6-7-8-9-15(3)17-14-16-10-12-18(5-2)13-11-16/h15-17H,4-14H2,1-3H3. The first kappa shape index (κ1) is 16.0. The van der Waals surface area contributed by atoms with Gasteiger partial charge in [-0.15, -0.1) is 0 Å². The number of nitrogens with one attached hydrogen (secondary N) is 1. The quantitative estimate of drug-likeness (QED) is 0.632. The van der Waals surface area contributed by atoms with Gasteiger partial charge in [0, 0.05) is 6.04 Å². The van der Waals surface area contributed by atoms with Gasteiger partial charge in [0.2, 0.25) is 0 Å². The predicted octanol–water partition coefficient (Wildman–Crippen LogP) is 3.67. The molecule has 1 N–H and O–H groups in total. The summed E-state index contributed by atoms with van der Waals surface area (Å²) in [6, 6.07) is 0.714. The molecular formula is C16H34N2. The molecule has 0 aromatic heterocycles. The number of rotatable bonds is 9. The highest BCUT2D eigenvalue weighted by Gasteiger charge is 2.18. The molecule has 2 nitrogen and oxygen atoms in total. The molecule has 1 atom stereocenters. The summed E-state index contributed by atoms with van der Waals surface area (Å²) in [6.45, 7) is 12.0. The number of likely N-dealkylation sites (tertiary alicyclic amines) is 1. The molecule has 0 aromatic carbocycles. The Morgan fingerprint density at radius 3 is 2.44 bits per heavy atom. The molecule has 1 unspecified atom stereocenters. The number of hydrogen-bond acceptors (Lipinski definition) is 2. The first-order valence-corrected chi connectivity index (χ1v) is 8.22. The topological polar surface area (TPSA) is 15.3 Å². The SMILES string of the molecule is CCCCCCC(C)NCC1CCN(CC)CC1. The highest BCUT2D eigenvalue weighted by Crippen LogP contribution is 2.16. The van der Waals surface area contributed by atoms with Crippen LogP contribution in [0, 0.1) is 5.92 Å².